The van der Waals surface area contributed by atoms with Crippen molar-refractivity contribution < 1.29 is 9.59 Å². The zero-order valence-electron chi connectivity index (χ0n) is 13.1. The number of aryl methyl sites for hydroxylation is 1. The second kappa shape index (κ2) is 10.8. The highest BCUT2D eigenvalue weighted by atomic mass is 35.5. The van der Waals surface area contributed by atoms with E-state index in [1.54, 1.807) is 5.51 Å². The molecule has 0 radical (unpaired) electrons. The Bertz CT molecular complexity index is 513. The number of piperidine rings is 1. The summed E-state index contributed by atoms with van der Waals surface area (Å²) >= 11 is 1.38. The molecule has 1 aliphatic rings. The number of nitrogens with one attached hydrogen (secondary N) is 1. The van der Waals surface area contributed by atoms with E-state index in [0.29, 0.717) is 24.4 Å². The van der Waals surface area contributed by atoms with Crippen LogP contribution >= 0.6 is 36.2 Å². The lowest BCUT2D eigenvalue weighted by Gasteiger charge is -2.35. The van der Waals surface area contributed by atoms with Crippen molar-refractivity contribution in [2.75, 3.05) is 19.6 Å². The molecule has 2 amide bonds. The topological polar surface area (TPSA) is 88.3 Å². The third kappa shape index (κ3) is 5.91. The largest absolute Gasteiger partial charge is 0.354 e. The van der Waals surface area contributed by atoms with Gasteiger partial charge in [0.15, 0.2) is 0 Å². The van der Waals surface area contributed by atoms with Gasteiger partial charge in [0, 0.05) is 32.1 Å². The Morgan fingerprint density at radius 2 is 2.17 bits per heavy atom. The van der Waals surface area contributed by atoms with Crippen LogP contribution in [-0.2, 0) is 4.79 Å². The molecule has 6 nitrogen and oxygen atoms in total. The highest BCUT2D eigenvalue weighted by Crippen LogP contribution is 2.22. The Kier molecular flexibility index (Phi) is 10.4. The minimum Gasteiger partial charge on any atom is -0.354 e. The van der Waals surface area contributed by atoms with Gasteiger partial charge in [-0.3, -0.25) is 9.59 Å². The monoisotopic (exact) mass is 382 g/mol. The van der Waals surface area contributed by atoms with Crippen LogP contribution in [0.15, 0.2) is 5.51 Å². The number of nitrogens with two attached hydrogens (primary N) is 1. The Labute approximate surface area is 153 Å². The maximum Gasteiger partial charge on any atom is 0.266 e. The minimum atomic E-state index is -0.0514. The fourth-order valence-electron chi connectivity index (χ4n) is 2.57. The molecule has 0 spiro atoms. The molecule has 23 heavy (non-hydrogen) atoms. The molecule has 1 aliphatic heterocycles. The Balaban J connectivity index is 0.00000242. The molecule has 1 unspecified atom stereocenters. The number of thiazole rings is 1. The van der Waals surface area contributed by atoms with Crippen LogP contribution in [0.25, 0.3) is 0 Å². The molecule has 1 saturated heterocycles. The number of aromatic nitrogens is 1. The van der Waals surface area contributed by atoms with Crippen LogP contribution in [0.1, 0.15) is 41.0 Å². The molecule has 3 N–H and O–H groups in total. The number of nitrogens with zero attached hydrogens (tertiary/aromatic N) is 2. The van der Waals surface area contributed by atoms with Crippen molar-refractivity contribution in [1.29, 1.82) is 0 Å². The van der Waals surface area contributed by atoms with Gasteiger partial charge in [0.25, 0.3) is 5.91 Å². The first-order valence-electron chi connectivity index (χ1n) is 7.31. The number of rotatable bonds is 5. The van der Waals surface area contributed by atoms with Gasteiger partial charge in [-0.15, -0.1) is 36.2 Å². The standard InChI is InChI=1S/C14H22N4O2S.2ClH/c1-10-13(21-9-17-10)14(20)18-7-3-2-4-11(18)8-16-12(19)5-6-15;;/h9,11H,2-8,15H2,1H3,(H,16,19);2*1H. The minimum absolute atomic E-state index is 0. The zero-order chi connectivity index (χ0) is 15.2. The summed E-state index contributed by atoms with van der Waals surface area (Å²) in [5.74, 6) is -0.0165. The van der Waals surface area contributed by atoms with Crippen molar-refractivity contribution in [2.45, 2.75) is 38.6 Å². The van der Waals surface area contributed by atoms with Crippen LogP contribution in [0.2, 0.25) is 0 Å². The van der Waals surface area contributed by atoms with E-state index >= 15 is 0 Å². The molecule has 1 atom stereocenters. The first kappa shape index (κ1) is 22.1. The predicted octanol–water partition coefficient (Wildman–Crippen LogP) is 1.75. The number of carbonyl (C=O) groups excluding carboxylic acids is 2. The van der Waals surface area contributed by atoms with Crippen LogP contribution in [0, 0.1) is 6.92 Å². The summed E-state index contributed by atoms with van der Waals surface area (Å²) in [5.41, 5.74) is 7.84. The van der Waals surface area contributed by atoms with Crippen molar-refractivity contribution in [3.63, 3.8) is 0 Å². The molecular weight excluding hydrogens is 359 g/mol. The van der Waals surface area contributed by atoms with Gasteiger partial charge < -0.3 is 16.0 Å². The second-order valence-electron chi connectivity index (χ2n) is 5.26. The zero-order valence-corrected chi connectivity index (χ0v) is 15.6. The summed E-state index contributed by atoms with van der Waals surface area (Å²) in [6, 6.07) is 0.0643. The quantitative estimate of drug-likeness (QED) is 0.811. The van der Waals surface area contributed by atoms with E-state index in [1.807, 2.05) is 11.8 Å². The summed E-state index contributed by atoms with van der Waals surface area (Å²) in [6.07, 6.45) is 3.35. The van der Waals surface area contributed by atoms with Gasteiger partial charge in [0.2, 0.25) is 5.91 Å². The van der Waals surface area contributed by atoms with E-state index in [9.17, 15) is 9.59 Å². The van der Waals surface area contributed by atoms with E-state index in [4.69, 9.17) is 5.73 Å². The summed E-state index contributed by atoms with van der Waals surface area (Å²) in [6.45, 7) is 3.45. The van der Waals surface area contributed by atoms with E-state index in [0.717, 1.165) is 31.5 Å². The SMILES string of the molecule is Cc1ncsc1C(=O)N1CCCCC1CNC(=O)CCN.Cl.Cl. The third-order valence-electron chi connectivity index (χ3n) is 3.73. The van der Waals surface area contributed by atoms with E-state index in [-0.39, 0.29) is 42.7 Å². The predicted molar refractivity (Wildman–Crippen MR) is 96.7 cm³/mol. The molecule has 0 saturated carbocycles. The molecular formula is C14H24Cl2N4O2S. The number of likely N-dealkylation sites (tertiary alicyclic amines) is 1. The molecule has 2 heterocycles. The van der Waals surface area contributed by atoms with Crippen LogP contribution in [-0.4, -0.2) is 47.4 Å². The van der Waals surface area contributed by atoms with Gasteiger partial charge in [0.1, 0.15) is 4.88 Å². The fraction of sp³-hybridized carbons (Fsp3) is 0.643. The summed E-state index contributed by atoms with van der Waals surface area (Å²) < 4.78 is 0. The lowest BCUT2D eigenvalue weighted by Crippen LogP contribution is -2.49. The molecule has 0 aliphatic carbocycles. The van der Waals surface area contributed by atoms with E-state index in [1.165, 1.54) is 11.3 Å². The van der Waals surface area contributed by atoms with Gasteiger partial charge in [-0.25, -0.2) is 4.98 Å². The van der Waals surface area contributed by atoms with Gasteiger partial charge in [0.05, 0.1) is 11.2 Å². The molecule has 0 bridgehead atoms. The van der Waals surface area contributed by atoms with Crippen LogP contribution in [0.5, 0.6) is 0 Å². The normalized spacial score (nSPS) is 17.0. The molecule has 132 valence electrons. The number of hydrogen-bond acceptors (Lipinski definition) is 5. The van der Waals surface area contributed by atoms with Crippen molar-refractivity contribution in [3.8, 4) is 0 Å². The fourth-order valence-corrected chi connectivity index (χ4v) is 3.33. The maximum absolute atomic E-state index is 12.6. The Hall–Kier alpha value is -0.890. The van der Waals surface area contributed by atoms with Gasteiger partial charge in [-0.05, 0) is 26.2 Å². The maximum atomic E-state index is 12.6. The van der Waals surface area contributed by atoms with E-state index < -0.39 is 0 Å². The van der Waals surface area contributed by atoms with Crippen molar-refractivity contribution in [3.05, 3.63) is 16.1 Å². The molecule has 2 rings (SSSR count). The average molecular weight is 383 g/mol. The number of hydrogen-bond donors (Lipinski definition) is 2. The lowest BCUT2D eigenvalue weighted by atomic mass is 10.0. The van der Waals surface area contributed by atoms with Crippen molar-refractivity contribution in [1.82, 2.24) is 15.2 Å². The number of carbonyl (C=O) groups is 2. The second-order valence-corrected chi connectivity index (χ2v) is 6.11. The van der Waals surface area contributed by atoms with Gasteiger partial charge in [-0.2, -0.15) is 0 Å². The highest BCUT2D eigenvalue weighted by Gasteiger charge is 2.29. The average Bonchev–Trinajstić information content (AvgIpc) is 2.91. The van der Waals surface area contributed by atoms with Crippen LogP contribution in [0.3, 0.4) is 0 Å². The molecule has 1 fully saturated rings. The Morgan fingerprint density at radius 1 is 1.43 bits per heavy atom. The summed E-state index contributed by atoms with van der Waals surface area (Å²) in [7, 11) is 0. The van der Waals surface area contributed by atoms with E-state index in [2.05, 4.69) is 10.3 Å². The molecule has 9 heteroatoms. The first-order chi connectivity index (χ1) is 10.1. The van der Waals surface area contributed by atoms with Crippen LogP contribution < -0.4 is 11.1 Å². The van der Waals surface area contributed by atoms with Crippen LogP contribution in [0.4, 0.5) is 0 Å². The van der Waals surface area contributed by atoms with Crippen molar-refractivity contribution >= 4 is 48.0 Å². The van der Waals surface area contributed by atoms with Gasteiger partial charge in [-0.1, -0.05) is 0 Å². The number of halogens is 2. The first-order valence-corrected chi connectivity index (χ1v) is 8.19. The number of amides is 2. The molecule has 0 aromatic carbocycles. The summed E-state index contributed by atoms with van der Waals surface area (Å²) in [5, 5.41) is 2.87. The molecule has 1 aromatic heterocycles. The third-order valence-corrected chi connectivity index (χ3v) is 4.65. The highest BCUT2D eigenvalue weighted by molar-refractivity contribution is 7.11. The molecule has 1 aromatic rings. The Morgan fingerprint density at radius 3 is 2.78 bits per heavy atom. The summed E-state index contributed by atoms with van der Waals surface area (Å²) in [4.78, 5) is 30.9. The lowest BCUT2D eigenvalue weighted by molar-refractivity contribution is -0.121. The van der Waals surface area contributed by atoms with Gasteiger partial charge >= 0.3 is 0 Å². The van der Waals surface area contributed by atoms with Crippen molar-refractivity contribution in [2.24, 2.45) is 5.73 Å². The smallest absolute Gasteiger partial charge is 0.266 e.